The second-order valence-electron chi connectivity index (χ2n) is 3.54. The first-order valence-electron chi connectivity index (χ1n) is 5.66. The standard InChI is InChI=1S/C12H14N4OS/c1-2-13-11-9(4-3-5-15-11)12(17)16-8-10-14-6-7-18-10/h3-7H,2,8H2,1H3,(H,13,15)(H,16,17). The molecule has 5 nitrogen and oxygen atoms in total. The third-order valence-electron chi connectivity index (χ3n) is 2.28. The number of hydrogen-bond donors (Lipinski definition) is 2. The summed E-state index contributed by atoms with van der Waals surface area (Å²) in [5, 5.41) is 8.67. The summed E-state index contributed by atoms with van der Waals surface area (Å²) in [5.41, 5.74) is 0.552. The third kappa shape index (κ3) is 3.04. The Morgan fingerprint density at radius 1 is 1.39 bits per heavy atom. The van der Waals surface area contributed by atoms with E-state index >= 15 is 0 Å². The number of pyridine rings is 1. The van der Waals surface area contributed by atoms with Crippen LogP contribution in [-0.2, 0) is 6.54 Å². The van der Waals surface area contributed by atoms with Gasteiger partial charge in [-0.1, -0.05) is 0 Å². The van der Waals surface area contributed by atoms with Crippen molar-refractivity contribution in [1.29, 1.82) is 0 Å². The molecular weight excluding hydrogens is 248 g/mol. The molecule has 0 aliphatic heterocycles. The molecule has 0 bridgehead atoms. The van der Waals surface area contributed by atoms with E-state index in [1.165, 1.54) is 11.3 Å². The first kappa shape index (κ1) is 12.5. The van der Waals surface area contributed by atoms with Gasteiger partial charge in [-0.2, -0.15) is 0 Å². The van der Waals surface area contributed by atoms with Crippen LogP contribution in [0.5, 0.6) is 0 Å². The molecule has 0 aliphatic rings. The van der Waals surface area contributed by atoms with E-state index in [2.05, 4.69) is 20.6 Å². The number of carbonyl (C=O) groups is 1. The molecule has 2 aromatic rings. The predicted octanol–water partition coefficient (Wildman–Crippen LogP) is 1.90. The number of nitrogens with one attached hydrogen (secondary N) is 2. The summed E-state index contributed by atoms with van der Waals surface area (Å²) < 4.78 is 0. The number of aromatic nitrogens is 2. The average molecular weight is 262 g/mol. The zero-order valence-corrected chi connectivity index (χ0v) is 10.8. The monoisotopic (exact) mass is 262 g/mol. The maximum Gasteiger partial charge on any atom is 0.255 e. The Kier molecular flexibility index (Phi) is 4.25. The molecule has 2 aromatic heterocycles. The summed E-state index contributed by atoms with van der Waals surface area (Å²) in [7, 11) is 0. The van der Waals surface area contributed by atoms with Gasteiger partial charge < -0.3 is 10.6 Å². The van der Waals surface area contributed by atoms with E-state index in [1.54, 1.807) is 24.5 Å². The molecule has 2 rings (SSSR count). The number of hydrogen-bond acceptors (Lipinski definition) is 5. The Hall–Kier alpha value is -1.95. The van der Waals surface area contributed by atoms with E-state index in [9.17, 15) is 4.79 Å². The molecule has 0 atom stereocenters. The van der Waals surface area contributed by atoms with Gasteiger partial charge in [0.1, 0.15) is 10.8 Å². The predicted molar refractivity (Wildman–Crippen MR) is 71.7 cm³/mol. The van der Waals surface area contributed by atoms with Crippen LogP contribution in [0, 0.1) is 0 Å². The fourth-order valence-corrected chi connectivity index (χ4v) is 2.04. The van der Waals surface area contributed by atoms with E-state index in [0.29, 0.717) is 17.9 Å². The Bertz CT molecular complexity index is 513. The number of nitrogens with zero attached hydrogens (tertiary/aromatic N) is 2. The molecule has 2 N–H and O–H groups in total. The number of carbonyl (C=O) groups excluding carboxylic acids is 1. The number of thiazole rings is 1. The summed E-state index contributed by atoms with van der Waals surface area (Å²) in [4.78, 5) is 20.3. The lowest BCUT2D eigenvalue weighted by Crippen LogP contribution is -2.24. The van der Waals surface area contributed by atoms with E-state index in [0.717, 1.165) is 11.6 Å². The molecule has 2 heterocycles. The minimum Gasteiger partial charge on any atom is -0.370 e. The molecule has 94 valence electrons. The SMILES string of the molecule is CCNc1ncccc1C(=O)NCc1nccs1. The fourth-order valence-electron chi connectivity index (χ4n) is 1.49. The number of anilines is 1. The van der Waals surface area contributed by atoms with Crippen LogP contribution in [0.4, 0.5) is 5.82 Å². The average Bonchev–Trinajstić information content (AvgIpc) is 2.90. The lowest BCUT2D eigenvalue weighted by molar-refractivity contribution is 0.0951. The first-order chi connectivity index (χ1) is 8.81. The molecule has 1 amide bonds. The van der Waals surface area contributed by atoms with Gasteiger partial charge in [-0.25, -0.2) is 9.97 Å². The number of amides is 1. The van der Waals surface area contributed by atoms with Gasteiger partial charge in [0.05, 0.1) is 12.1 Å². The quantitative estimate of drug-likeness (QED) is 0.863. The van der Waals surface area contributed by atoms with E-state index in [-0.39, 0.29) is 5.91 Å². The summed E-state index contributed by atoms with van der Waals surface area (Å²) in [6, 6.07) is 3.50. The van der Waals surface area contributed by atoms with Crippen molar-refractivity contribution in [2.24, 2.45) is 0 Å². The highest BCUT2D eigenvalue weighted by Gasteiger charge is 2.11. The molecule has 0 radical (unpaired) electrons. The molecule has 6 heteroatoms. The highest BCUT2D eigenvalue weighted by atomic mass is 32.1. The van der Waals surface area contributed by atoms with Crippen molar-refractivity contribution in [1.82, 2.24) is 15.3 Å². The van der Waals surface area contributed by atoms with E-state index in [4.69, 9.17) is 0 Å². The van der Waals surface area contributed by atoms with Crippen LogP contribution in [0.1, 0.15) is 22.3 Å². The van der Waals surface area contributed by atoms with Crippen LogP contribution in [0.15, 0.2) is 29.9 Å². The Balaban J connectivity index is 2.04. The van der Waals surface area contributed by atoms with Crippen LogP contribution in [0.25, 0.3) is 0 Å². The zero-order valence-electron chi connectivity index (χ0n) is 10.0. The van der Waals surface area contributed by atoms with Gasteiger partial charge in [0.25, 0.3) is 5.91 Å². The molecular formula is C12H14N4OS. The third-order valence-corrected chi connectivity index (χ3v) is 3.06. The molecule has 0 saturated carbocycles. The minimum atomic E-state index is -0.144. The minimum absolute atomic E-state index is 0.144. The van der Waals surface area contributed by atoms with Crippen molar-refractivity contribution in [3.8, 4) is 0 Å². The smallest absolute Gasteiger partial charge is 0.255 e. The Labute approximate surface area is 109 Å². The summed E-state index contributed by atoms with van der Waals surface area (Å²) >= 11 is 1.52. The van der Waals surface area contributed by atoms with Crippen molar-refractivity contribution in [3.63, 3.8) is 0 Å². The van der Waals surface area contributed by atoms with Crippen molar-refractivity contribution in [3.05, 3.63) is 40.5 Å². The zero-order chi connectivity index (χ0) is 12.8. The maximum absolute atomic E-state index is 12.0. The lowest BCUT2D eigenvalue weighted by atomic mass is 10.2. The van der Waals surface area contributed by atoms with Gasteiger partial charge in [-0.05, 0) is 19.1 Å². The largest absolute Gasteiger partial charge is 0.370 e. The topological polar surface area (TPSA) is 66.9 Å². The van der Waals surface area contributed by atoms with E-state index < -0.39 is 0 Å². The molecule has 0 aromatic carbocycles. The molecule has 0 unspecified atom stereocenters. The van der Waals surface area contributed by atoms with Crippen molar-refractivity contribution >= 4 is 23.1 Å². The van der Waals surface area contributed by atoms with Crippen LogP contribution < -0.4 is 10.6 Å². The highest BCUT2D eigenvalue weighted by molar-refractivity contribution is 7.09. The summed E-state index contributed by atoms with van der Waals surface area (Å²) in [5.74, 6) is 0.464. The molecule has 0 spiro atoms. The fraction of sp³-hybridized carbons (Fsp3) is 0.250. The molecule has 18 heavy (non-hydrogen) atoms. The van der Waals surface area contributed by atoms with Crippen molar-refractivity contribution in [2.45, 2.75) is 13.5 Å². The summed E-state index contributed by atoms with van der Waals surface area (Å²) in [6.07, 6.45) is 3.38. The second-order valence-corrected chi connectivity index (χ2v) is 4.52. The normalized spacial score (nSPS) is 10.1. The van der Waals surface area contributed by atoms with Crippen LogP contribution >= 0.6 is 11.3 Å². The van der Waals surface area contributed by atoms with Gasteiger partial charge in [0.15, 0.2) is 0 Å². The second kappa shape index (κ2) is 6.11. The lowest BCUT2D eigenvalue weighted by Gasteiger charge is -2.08. The molecule has 0 fully saturated rings. The van der Waals surface area contributed by atoms with Gasteiger partial charge >= 0.3 is 0 Å². The number of rotatable bonds is 5. The van der Waals surface area contributed by atoms with Crippen molar-refractivity contribution < 1.29 is 4.79 Å². The van der Waals surface area contributed by atoms with Gasteiger partial charge in [-0.15, -0.1) is 11.3 Å². The van der Waals surface area contributed by atoms with Crippen LogP contribution in [0.3, 0.4) is 0 Å². The van der Waals surface area contributed by atoms with Crippen molar-refractivity contribution in [2.75, 3.05) is 11.9 Å². The Morgan fingerprint density at radius 2 is 2.28 bits per heavy atom. The maximum atomic E-state index is 12.0. The summed E-state index contributed by atoms with van der Waals surface area (Å²) in [6.45, 7) is 3.13. The highest BCUT2D eigenvalue weighted by Crippen LogP contribution is 2.11. The van der Waals surface area contributed by atoms with Gasteiger partial charge in [0, 0.05) is 24.3 Å². The molecule has 0 saturated heterocycles. The van der Waals surface area contributed by atoms with Gasteiger partial charge in [0.2, 0.25) is 0 Å². The van der Waals surface area contributed by atoms with Crippen LogP contribution in [-0.4, -0.2) is 22.4 Å². The first-order valence-corrected chi connectivity index (χ1v) is 6.54. The van der Waals surface area contributed by atoms with Gasteiger partial charge in [-0.3, -0.25) is 4.79 Å². The Morgan fingerprint density at radius 3 is 3.00 bits per heavy atom. The van der Waals surface area contributed by atoms with Crippen LogP contribution in [0.2, 0.25) is 0 Å². The van der Waals surface area contributed by atoms with E-state index in [1.807, 2.05) is 12.3 Å². The molecule has 0 aliphatic carbocycles.